The third-order valence-electron chi connectivity index (χ3n) is 1.03. The molecule has 1 atom stereocenters. The van der Waals surface area contributed by atoms with Gasteiger partial charge in [0.2, 0.25) is 0 Å². The molecule has 0 saturated heterocycles. The number of ether oxygens (including phenoxy) is 1. The van der Waals surface area contributed by atoms with Crippen molar-refractivity contribution in [3.63, 3.8) is 0 Å². The van der Waals surface area contributed by atoms with Crippen LogP contribution >= 0.6 is 0 Å². The Morgan fingerprint density at radius 2 is 1.80 bits per heavy atom. The number of Topliss-reactive ketones (excluding diaryl/α,β-unsaturated/α-hetero) is 1. The lowest BCUT2D eigenvalue weighted by molar-refractivity contribution is -0.152. The number of carbonyl (C=O) groups excluding carboxylic acids is 2. The normalized spacial score (nSPS) is 10.7. The van der Waals surface area contributed by atoms with Gasteiger partial charge in [-0.1, -0.05) is 0 Å². The second-order valence-corrected chi connectivity index (χ2v) is 2.70. The topological polar surface area (TPSA) is 101 Å². The van der Waals surface area contributed by atoms with E-state index in [0.717, 1.165) is 0 Å². The van der Waals surface area contributed by atoms with Gasteiger partial charge in [-0.3, -0.25) is 9.59 Å². The molecule has 88 valence electrons. The van der Waals surface area contributed by atoms with Crippen LogP contribution in [0.15, 0.2) is 0 Å². The van der Waals surface area contributed by atoms with Crippen LogP contribution in [0.2, 0.25) is 0 Å². The Kier molecular flexibility index (Phi) is 9.76. The van der Waals surface area contributed by atoms with Crippen LogP contribution in [0.1, 0.15) is 27.2 Å². The minimum absolute atomic E-state index is 0.312. The first-order valence-electron chi connectivity index (χ1n) is 4.37. The third-order valence-corrected chi connectivity index (χ3v) is 1.03. The largest absolute Gasteiger partial charge is 0.481 e. The standard InChI is InChI=1S/C5H10O3.C4H6O3/c1-3-8-5(7)4(2)6;1-3(5)2-4(6)7/h4,6H,3H2,1-2H3;2H2,1H3,(H,6,7)/t4-;/m0./s1. The van der Waals surface area contributed by atoms with Gasteiger partial charge >= 0.3 is 11.9 Å². The van der Waals surface area contributed by atoms with E-state index in [1.165, 1.54) is 13.8 Å². The molecule has 0 radical (unpaired) electrons. The number of carbonyl (C=O) groups is 3. The zero-order valence-corrected chi connectivity index (χ0v) is 9.02. The molecule has 0 aliphatic rings. The van der Waals surface area contributed by atoms with Gasteiger partial charge in [0.25, 0.3) is 0 Å². The van der Waals surface area contributed by atoms with E-state index in [1.807, 2.05) is 0 Å². The van der Waals surface area contributed by atoms with Gasteiger partial charge < -0.3 is 14.9 Å². The van der Waals surface area contributed by atoms with Crippen LogP contribution < -0.4 is 0 Å². The average Bonchev–Trinajstić information content (AvgIpc) is 2.02. The van der Waals surface area contributed by atoms with Crippen LogP contribution in [-0.2, 0) is 19.1 Å². The van der Waals surface area contributed by atoms with Gasteiger partial charge in [-0.2, -0.15) is 0 Å². The van der Waals surface area contributed by atoms with Gasteiger partial charge in [0.05, 0.1) is 6.61 Å². The number of aliphatic hydroxyl groups excluding tert-OH is 1. The maximum atomic E-state index is 10.3. The summed E-state index contributed by atoms with van der Waals surface area (Å²) in [5, 5.41) is 16.3. The van der Waals surface area contributed by atoms with Crippen molar-refractivity contribution in [1.82, 2.24) is 0 Å². The van der Waals surface area contributed by atoms with E-state index in [-0.39, 0.29) is 12.2 Å². The molecule has 6 nitrogen and oxygen atoms in total. The zero-order chi connectivity index (χ0) is 12.4. The fraction of sp³-hybridized carbons (Fsp3) is 0.667. The molecular weight excluding hydrogens is 204 g/mol. The zero-order valence-electron chi connectivity index (χ0n) is 9.02. The summed E-state index contributed by atoms with van der Waals surface area (Å²) in [7, 11) is 0. The molecule has 0 aliphatic carbocycles. The Morgan fingerprint density at radius 1 is 1.33 bits per heavy atom. The molecule has 0 fully saturated rings. The highest BCUT2D eigenvalue weighted by molar-refractivity contribution is 5.93. The van der Waals surface area contributed by atoms with Gasteiger partial charge in [0, 0.05) is 0 Å². The predicted octanol–water partition coefficient (Wildman–Crippen LogP) is -0.0196. The van der Waals surface area contributed by atoms with Crippen LogP contribution in [-0.4, -0.2) is 40.6 Å². The van der Waals surface area contributed by atoms with Crippen molar-refractivity contribution in [2.75, 3.05) is 6.61 Å². The van der Waals surface area contributed by atoms with E-state index in [9.17, 15) is 14.4 Å². The molecule has 0 rings (SSSR count). The van der Waals surface area contributed by atoms with Crippen molar-refractivity contribution in [3.05, 3.63) is 0 Å². The summed E-state index contributed by atoms with van der Waals surface area (Å²) < 4.78 is 4.41. The van der Waals surface area contributed by atoms with E-state index < -0.39 is 18.0 Å². The van der Waals surface area contributed by atoms with Gasteiger partial charge in [0.15, 0.2) is 0 Å². The third kappa shape index (κ3) is 15.3. The average molecular weight is 220 g/mol. The highest BCUT2D eigenvalue weighted by atomic mass is 16.5. The summed E-state index contributed by atoms with van der Waals surface area (Å²) in [5.74, 6) is -1.94. The highest BCUT2D eigenvalue weighted by Crippen LogP contribution is 1.84. The fourth-order valence-corrected chi connectivity index (χ4v) is 0.476. The summed E-state index contributed by atoms with van der Waals surface area (Å²) in [5.41, 5.74) is 0. The Hall–Kier alpha value is -1.43. The van der Waals surface area contributed by atoms with Crippen molar-refractivity contribution in [2.24, 2.45) is 0 Å². The maximum Gasteiger partial charge on any atom is 0.334 e. The van der Waals surface area contributed by atoms with Crippen LogP contribution in [0.5, 0.6) is 0 Å². The summed E-state index contributed by atoms with van der Waals surface area (Å²) in [6, 6.07) is 0. The smallest absolute Gasteiger partial charge is 0.334 e. The van der Waals surface area contributed by atoms with E-state index >= 15 is 0 Å². The van der Waals surface area contributed by atoms with E-state index in [2.05, 4.69) is 4.74 Å². The van der Waals surface area contributed by atoms with Gasteiger partial charge in [-0.15, -0.1) is 0 Å². The molecule has 0 aromatic heterocycles. The van der Waals surface area contributed by atoms with E-state index in [4.69, 9.17) is 10.2 Å². The molecule has 0 aromatic rings. The minimum Gasteiger partial charge on any atom is -0.481 e. The van der Waals surface area contributed by atoms with Crippen LogP contribution in [0, 0.1) is 0 Å². The lowest BCUT2D eigenvalue weighted by Gasteiger charge is -2.01. The summed E-state index contributed by atoms with van der Waals surface area (Å²) in [6.07, 6.45) is -1.35. The molecule has 0 aliphatic heterocycles. The Labute approximate surface area is 87.9 Å². The Balaban J connectivity index is 0. The van der Waals surface area contributed by atoms with Crippen molar-refractivity contribution in [2.45, 2.75) is 33.3 Å². The van der Waals surface area contributed by atoms with Crippen molar-refractivity contribution in [3.8, 4) is 0 Å². The number of hydrogen-bond acceptors (Lipinski definition) is 5. The predicted molar refractivity (Wildman–Crippen MR) is 51.2 cm³/mol. The molecule has 0 saturated carbocycles. The highest BCUT2D eigenvalue weighted by Gasteiger charge is 2.07. The van der Waals surface area contributed by atoms with Crippen LogP contribution in [0.25, 0.3) is 0 Å². The number of ketones is 1. The molecular formula is C9H16O6. The first-order valence-corrected chi connectivity index (χ1v) is 4.37. The first kappa shape index (κ1) is 16.0. The molecule has 0 spiro atoms. The number of hydrogen-bond donors (Lipinski definition) is 2. The summed E-state index contributed by atoms with van der Waals surface area (Å²) in [4.78, 5) is 29.7. The van der Waals surface area contributed by atoms with E-state index in [1.54, 1.807) is 6.92 Å². The summed E-state index contributed by atoms with van der Waals surface area (Å²) in [6.45, 7) is 4.64. The van der Waals surface area contributed by atoms with E-state index in [0.29, 0.717) is 6.61 Å². The number of esters is 1. The lowest BCUT2D eigenvalue weighted by Crippen LogP contribution is -2.18. The number of carboxylic acids is 1. The van der Waals surface area contributed by atoms with Crippen molar-refractivity contribution < 1.29 is 29.3 Å². The van der Waals surface area contributed by atoms with Gasteiger partial charge in [0.1, 0.15) is 18.3 Å². The maximum absolute atomic E-state index is 10.3. The molecule has 0 bridgehead atoms. The van der Waals surface area contributed by atoms with Crippen molar-refractivity contribution >= 4 is 17.7 Å². The van der Waals surface area contributed by atoms with Crippen molar-refractivity contribution in [1.29, 1.82) is 0 Å². The molecule has 0 unspecified atom stereocenters. The number of carboxylic acid groups (broad SMARTS) is 1. The molecule has 0 aromatic carbocycles. The SMILES string of the molecule is CC(=O)CC(=O)O.CCOC(=O)[C@H](C)O. The molecule has 0 heterocycles. The first-order chi connectivity index (χ1) is 6.81. The second-order valence-electron chi connectivity index (χ2n) is 2.70. The fourth-order valence-electron chi connectivity index (χ4n) is 0.476. The molecule has 2 N–H and O–H groups in total. The molecule has 0 amide bonds. The van der Waals surface area contributed by atoms with Crippen LogP contribution in [0.4, 0.5) is 0 Å². The summed E-state index contributed by atoms with van der Waals surface area (Å²) >= 11 is 0. The van der Waals surface area contributed by atoms with Gasteiger partial charge in [-0.25, -0.2) is 4.79 Å². The number of rotatable bonds is 4. The number of aliphatic hydroxyl groups is 1. The molecule has 6 heteroatoms. The Morgan fingerprint density at radius 3 is 1.87 bits per heavy atom. The second kappa shape index (κ2) is 9.14. The van der Waals surface area contributed by atoms with Gasteiger partial charge in [-0.05, 0) is 20.8 Å². The van der Waals surface area contributed by atoms with Crippen LogP contribution in [0.3, 0.4) is 0 Å². The molecule has 15 heavy (non-hydrogen) atoms. The number of aliphatic carboxylic acids is 1. The quantitative estimate of drug-likeness (QED) is 0.510. The minimum atomic E-state index is -1.06. The lowest BCUT2D eigenvalue weighted by atomic mass is 10.3. The monoisotopic (exact) mass is 220 g/mol. The Bertz CT molecular complexity index is 209.